The standard InChI is InChI=1S/C41H45F3N4O5/c42-41(43,44)30-8-3-7-27(21-30)25-45-36(49)24-29-22-33(39(51)47-16-19-52-20-17-47)40(14-12-26-5-1-2-6-26)37-32(13-15-48(40)38(29)50)31-11-10-28(23-34(31)46-37)35-9-4-18-53-35/h3-4,7-11,18,21,23,26,29,33,46H,1-2,5-6,12-17,19-20,22,24-25H2,(H,45,49)/t29-,33-,40+/m1/s1. The van der Waals surface area contributed by atoms with Gasteiger partial charge in [0.1, 0.15) is 5.76 Å². The second kappa shape index (κ2) is 14.3. The molecule has 9 nitrogen and oxygen atoms in total. The van der Waals surface area contributed by atoms with Gasteiger partial charge in [0.2, 0.25) is 17.7 Å². The molecule has 12 heteroatoms. The second-order valence-corrected chi connectivity index (χ2v) is 15.2. The lowest BCUT2D eigenvalue weighted by Gasteiger charge is -2.56. The van der Waals surface area contributed by atoms with Gasteiger partial charge < -0.3 is 29.3 Å². The number of halogens is 3. The van der Waals surface area contributed by atoms with Gasteiger partial charge >= 0.3 is 6.18 Å². The number of nitrogens with zero attached hydrogens (tertiary/aromatic N) is 2. The van der Waals surface area contributed by atoms with Crippen molar-refractivity contribution < 1.29 is 36.7 Å². The van der Waals surface area contributed by atoms with Crippen molar-refractivity contribution in [2.24, 2.45) is 17.8 Å². The molecule has 4 aliphatic rings. The highest BCUT2D eigenvalue weighted by Crippen LogP contribution is 2.54. The van der Waals surface area contributed by atoms with E-state index in [4.69, 9.17) is 9.15 Å². The lowest BCUT2D eigenvalue weighted by Crippen LogP contribution is -2.66. The molecular formula is C41H45F3N4O5. The van der Waals surface area contributed by atoms with Crippen LogP contribution in [0.2, 0.25) is 0 Å². The molecule has 3 atom stereocenters. The van der Waals surface area contributed by atoms with Crippen LogP contribution in [-0.4, -0.2) is 65.4 Å². The third-order valence-electron chi connectivity index (χ3n) is 12.1. The summed E-state index contributed by atoms with van der Waals surface area (Å²) in [7, 11) is 0. The van der Waals surface area contributed by atoms with Crippen LogP contribution in [0.1, 0.15) is 73.8 Å². The van der Waals surface area contributed by atoms with Gasteiger partial charge in [-0.3, -0.25) is 14.4 Å². The van der Waals surface area contributed by atoms with E-state index in [-0.39, 0.29) is 31.2 Å². The van der Waals surface area contributed by atoms with Crippen molar-refractivity contribution in [3.05, 3.63) is 83.2 Å². The number of piperidine rings is 1. The lowest BCUT2D eigenvalue weighted by atomic mass is 9.64. The summed E-state index contributed by atoms with van der Waals surface area (Å²) in [4.78, 5) is 50.7. The van der Waals surface area contributed by atoms with Crippen LogP contribution in [0.15, 0.2) is 65.3 Å². The first kappa shape index (κ1) is 35.4. The van der Waals surface area contributed by atoms with Crippen molar-refractivity contribution in [1.29, 1.82) is 0 Å². The van der Waals surface area contributed by atoms with E-state index in [1.54, 1.807) is 6.26 Å². The molecule has 2 aromatic carbocycles. The summed E-state index contributed by atoms with van der Waals surface area (Å²) in [6.45, 7) is 2.09. The number of amides is 3. The minimum Gasteiger partial charge on any atom is -0.464 e. The molecule has 0 spiro atoms. The van der Waals surface area contributed by atoms with Gasteiger partial charge in [-0.2, -0.15) is 13.2 Å². The fraction of sp³-hybridized carbons (Fsp3) is 0.488. The molecule has 1 aliphatic carbocycles. The van der Waals surface area contributed by atoms with Gasteiger partial charge in [-0.25, -0.2) is 0 Å². The van der Waals surface area contributed by atoms with Gasteiger partial charge in [0.15, 0.2) is 0 Å². The van der Waals surface area contributed by atoms with E-state index in [2.05, 4.69) is 22.4 Å². The fourth-order valence-electron chi connectivity index (χ4n) is 9.50. The van der Waals surface area contributed by atoms with Gasteiger partial charge in [-0.05, 0) is 73.1 Å². The number of furan rings is 1. The third kappa shape index (κ3) is 6.75. The zero-order valence-corrected chi connectivity index (χ0v) is 29.7. The Balaban J connectivity index is 1.15. The average molecular weight is 731 g/mol. The van der Waals surface area contributed by atoms with Crippen molar-refractivity contribution in [2.75, 3.05) is 32.8 Å². The molecule has 8 rings (SSSR count). The highest BCUT2D eigenvalue weighted by Gasteiger charge is 2.59. The number of aromatic amines is 1. The molecule has 2 aromatic heterocycles. The maximum absolute atomic E-state index is 14.9. The second-order valence-electron chi connectivity index (χ2n) is 15.2. The molecule has 1 saturated carbocycles. The molecule has 0 bridgehead atoms. The SMILES string of the molecule is O=C(C[C@H]1C[C@H](C(=O)N2CCOCC2)[C@@]2(CCC3CCCC3)c3[nH]c4cc(-c5ccco5)ccc4c3CCN2C1=O)NCc1cccc(C(F)(F)F)c1. The maximum atomic E-state index is 14.9. The Morgan fingerprint density at radius 2 is 1.81 bits per heavy atom. The van der Waals surface area contributed by atoms with Gasteiger partial charge in [0.25, 0.3) is 0 Å². The Bertz CT molecular complexity index is 1980. The van der Waals surface area contributed by atoms with Gasteiger partial charge in [-0.1, -0.05) is 49.9 Å². The smallest absolute Gasteiger partial charge is 0.416 e. The van der Waals surface area contributed by atoms with Crippen LogP contribution < -0.4 is 5.32 Å². The number of morpholine rings is 1. The number of rotatable bonds is 9. The Hall–Kier alpha value is -4.58. The summed E-state index contributed by atoms with van der Waals surface area (Å²) >= 11 is 0. The molecule has 4 aromatic rings. The highest BCUT2D eigenvalue weighted by atomic mass is 19.4. The summed E-state index contributed by atoms with van der Waals surface area (Å²) in [5, 5.41) is 3.81. The highest BCUT2D eigenvalue weighted by molar-refractivity contribution is 5.94. The summed E-state index contributed by atoms with van der Waals surface area (Å²) < 4.78 is 51.3. The number of fused-ring (bicyclic) bond motifs is 5. The molecule has 53 heavy (non-hydrogen) atoms. The molecule has 2 saturated heterocycles. The molecule has 280 valence electrons. The predicted molar refractivity (Wildman–Crippen MR) is 191 cm³/mol. The quantitative estimate of drug-likeness (QED) is 0.190. The van der Waals surface area contributed by atoms with E-state index in [9.17, 15) is 27.6 Å². The number of nitrogens with one attached hydrogen (secondary N) is 2. The van der Waals surface area contributed by atoms with Crippen LogP contribution in [-0.2, 0) is 43.8 Å². The normalized spacial score (nSPS) is 23.6. The third-order valence-corrected chi connectivity index (χ3v) is 12.1. The van der Waals surface area contributed by atoms with E-state index in [1.165, 1.54) is 25.0 Å². The van der Waals surface area contributed by atoms with Crippen molar-refractivity contribution in [3.8, 4) is 11.3 Å². The number of carbonyl (C=O) groups is 3. The van der Waals surface area contributed by atoms with E-state index in [0.717, 1.165) is 64.9 Å². The maximum Gasteiger partial charge on any atom is 0.416 e. The van der Waals surface area contributed by atoms with E-state index < -0.39 is 35.0 Å². The molecule has 0 radical (unpaired) electrons. The number of ether oxygens (including phenoxy) is 1. The average Bonchev–Trinajstić information content (AvgIpc) is 3.96. The first-order valence-electron chi connectivity index (χ1n) is 18.9. The zero-order valence-electron chi connectivity index (χ0n) is 29.7. The molecule has 0 unspecified atom stereocenters. The van der Waals surface area contributed by atoms with Crippen LogP contribution in [0.3, 0.4) is 0 Å². The van der Waals surface area contributed by atoms with Crippen LogP contribution in [0.25, 0.3) is 22.2 Å². The van der Waals surface area contributed by atoms with Crippen molar-refractivity contribution >= 4 is 28.6 Å². The predicted octanol–water partition coefficient (Wildman–Crippen LogP) is 7.20. The summed E-state index contributed by atoms with van der Waals surface area (Å²) in [5.74, 6) is -0.739. The first-order chi connectivity index (χ1) is 25.6. The van der Waals surface area contributed by atoms with Crippen molar-refractivity contribution in [2.45, 2.75) is 76.0 Å². The Kier molecular flexibility index (Phi) is 9.59. The minimum atomic E-state index is -4.50. The van der Waals surface area contributed by atoms with Crippen molar-refractivity contribution in [3.63, 3.8) is 0 Å². The summed E-state index contributed by atoms with van der Waals surface area (Å²) in [6.07, 6.45) is 3.91. The zero-order chi connectivity index (χ0) is 36.7. The topological polar surface area (TPSA) is 108 Å². The summed E-state index contributed by atoms with van der Waals surface area (Å²) in [6, 6.07) is 14.8. The Labute approximate surface area is 306 Å². The number of H-pyrrole nitrogens is 1. The molecule has 3 amide bonds. The Morgan fingerprint density at radius 3 is 2.57 bits per heavy atom. The van der Waals surface area contributed by atoms with Crippen LogP contribution in [0.4, 0.5) is 13.2 Å². The number of alkyl halides is 3. The van der Waals surface area contributed by atoms with Crippen LogP contribution >= 0.6 is 0 Å². The molecular weight excluding hydrogens is 685 g/mol. The first-order valence-corrected chi connectivity index (χ1v) is 18.9. The van der Waals surface area contributed by atoms with Crippen molar-refractivity contribution in [1.82, 2.24) is 20.1 Å². The van der Waals surface area contributed by atoms with E-state index in [0.29, 0.717) is 57.2 Å². The van der Waals surface area contributed by atoms with E-state index >= 15 is 0 Å². The lowest BCUT2D eigenvalue weighted by molar-refractivity contribution is -0.169. The van der Waals surface area contributed by atoms with E-state index in [1.807, 2.05) is 28.0 Å². The number of aromatic nitrogens is 1. The largest absolute Gasteiger partial charge is 0.464 e. The number of hydrogen-bond donors (Lipinski definition) is 2. The van der Waals surface area contributed by atoms with Gasteiger partial charge in [0.05, 0.1) is 36.5 Å². The van der Waals surface area contributed by atoms with Gasteiger partial charge in [0, 0.05) is 60.7 Å². The van der Waals surface area contributed by atoms with Gasteiger partial charge in [-0.15, -0.1) is 0 Å². The monoisotopic (exact) mass is 730 g/mol. The number of benzene rings is 2. The van der Waals surface area contributed by atoms with Crippen LogP contribution in [0, 0.1) is 17.8 Å². The molecule has 3 aliphatic heterocycles. The minimum absolute atomic E-state index is 0.0330. The molecule has 2 N–H and O–H groups in total. The molecule has 5 heterocycles. The number of carbonyl (C=O) groups excluding carboxylic acids is 3. The number of hydrogen-bond acceptors (Lipinski definition) is 5. The fourth-order valence-corrected chi connectivity index (χ4v) is 9.50. The molecule has 3 fully saturated rings. The Morgan fingerprint density at radius 1 is 1.00 bits per heavy atom. The summed E-state index contributed by atoms with van der Waals surface area (Å²) in [5.41, 5.74) is 2.48. The van der Waals surface area contributed by atoms with Crippen LogP contribution in [0.5, 0.6) is 0 Å².